The molecule has 1 aromatic heterocycles. The van der Waals surface area contributed by atoms with Crippen LogP contribution >= 0.6 is 15.9 Å². The quantitative estimate of drug-likeness (QED) is 0.904. The van der Waals surface area contributed by atoms with Crippen LogP contribution in [-0.4, -0.2) is 54.1 Å². The lowest BCUT2D eigenvalue weighted by molar-refractivity contribution is 0.141. The zero-order chi connectivity index (χ0) is 14.7. The Morgan fingerprint density at radius 2 is 1.81 bits per heavy atom. The molecule has 2 aliphatic rings. The average molecular weight is 354 g/mol. The molecule has 5 nitrogen and oxygen atoms in total. The van der Waals surface area contributed by atoms with E-state index in [0.29, 0.717) is 0 Å². The predicted octanol–water partition coefficient (Wildman–Crippen LogP) is 2.74. The Morgan fingerprint density at radius 1 is 1.10 bits per heavy atom. The lowest BCUT2D eigenvalue weighted by Crippen LogP contribution is -2.47. The van der Waals surface area contributed by atoms with Crippen LogP contribution in [0.5, 0.6) is 0 Å². The van der Waals surface area contributed by atoms with Gasteiger partial charge in [-0.25, -0.2) is 9.97 Å². The van der Waals surface area contributed by atoms with Gasteiger partial charge in [0.25, 0.3) is 0 Å². The monoisotopic (exact) mass is 353 g/mol. The highest BCUT2D eigenvalue weighted by Crippen LogP contribution is 2.31. The zero-order valence-electron chi connectivity index (χ0n) is 12.7. The predicted molar refractivity (Wildman–Crippen MR) is 89.9 cm³/mol. The van der Waals surface area contributed by atoms with Gasteiger partial charge >= 0.3 is 0 Å². The summed E-state index contributed by atoms with van der Waals surface area (Å²) in [6.07, 6.45) is 8.29. The molecule has 0 unspecified atom stereocenters. The molecule has 0 bridgehead atoms. The second-order valence-corrected chi connectivity index (χ2v) is 6.72. The third-order valence-corrected chi connectivity index (χ3v) is 5.41. The van der Waals surface area contributed by atoms with Gasteiger partial charge in [-0.2, -0.15) is 0 Å². The number of anilines is 2. The SMILES string of the molecule is CNc1ncnc(N2CCC(N3CCCCC3)CC2)c1Br. The first-order valence-corrected chi connectivity index (χ1v) is 8.76. The highest BCUT2D eigenvalue weighted by atomic mass is 79.9. The maximum absolute atomic E-state index is 4.46. The molecule has 0 radical (unpaired) electrons. The molecule has 3 rings (SSSR count). The minimum absolute atomic E-state index is 0.769. The fourth-order valence-electron chi connectivity index (χ4n) is 3.48. The van der Waals surface area contributed by atoms with Crippen molar-refractivity contribution in [1.29, 1.82) is 0 Å². The lowest BCUT2D eigenvalue weighted by Gasteiger charge is -2.40. The average Bonchev–Trinajstić information content (AvgIpc) is 2.56. The van der Waals surface area contributed by atoms with E-state index in [1.54, 1.807) is 6.33 Å². The van der Waals surface area contributed by atoms with Crippen molar-refractivity contribution in [2.24, 2.45) is 0 Å². The highest BCUT2D eigenvalue weighted by molar-refractivity contribution is 9.10. The van der Waals surface area contributed by atoms with Crippen molar-refractivity contribution < 1.29 is 0 Å². The molecule has 0 spiro atoms. The Balaban J connectivity index is 1.63. The van der Waals surface area contributed by atoms with Crippen LogP contribution in [-0.2, 0) is 0 Å². The Hall–Kier alpha value is -0.880. The third kappa shape index (κ3) is 3.31. The summed E-state index contributed by atoms with van der Waals surface area (Å²) in [7, 11) is 1.89. The summed E-state index contributed by atoms with van der Waals surface area (Å²) in [6.45, 7) is 4.76. The maximum Gasteiger partial charge on any atom is 0.148 e. The van der Waals surface area contributed by atoms with Gasteiger partial charge in [-0.15, -0.1) is 0 Å². The van der Waals surface area contributed by atoms with Gasteiger partial charge in [-0.05, 0) is 54.7 Å². The molecule has 0 saturated carbocycles. The van der Waals surface area contributed by atoms with Crippen molar-refractivity contribution in [3.8, 4) is 0 Å². The Labute approximate surface area is 135 Å². The summed E-state index contributed by atoms with van der Waals surface area (Å²) in [4.78, 5) is 13.8. The Kier molecular flexibility index (Phi) is 4.95. The van der Waals surface area contributed by atoms with Crippen molar-refractivity contribution in [1.82, 2.24) is 14.9 Å². The van der Waals surface area contributed by atoms with Gasteiger partial charge in [0.1, 0.15) is 22.4 Å². The summed E-state index contributed by atoms with van der Waals surface area (Å²) in [5.41, 5.74) is 0. The molecule has 1 aromatic rings. The summed E-state index contributed by atoms with van der Waals surface area (Å²) in [5, 5.41) is 3.10. The van der Waals surface area contributed by atoms with Gasteiger partial charge in [-0.3, -0.25) is 0 Å². The number of nitrogens with one attached hydrogen (secondary N) is 1. The first-order chi connectivity index (χ1) is 10.3. The van der Waals surface area contributed by atoms with Crippen LogP contribution in [0.15, 0.2) is 10.8 Å². The van der Waals surface area contributed by atoms with E-state index in [9.17, 15) is 0 Å². The van der Waals surface area contributed by atoms with Crippen molar-refractivity contribution in [3.63, 3.8) is 0 Å². The molecule has 0 atom stereocenters. The Bertz CT molecular complexity index is 467. The number of hydrogen-bond donors (Lipinski definition) is 1. The van der Waals surface area contributed by atoms with E-state index in [0.717, 1.165) is 35.2 Å². The second-order valence-electron chi connectivity index (χ2n) is 5.92. The first kappa shape index (κ1) is 15.0. The van der Waals surface area contributed by atoms with Gasteiger partial charge < -0.3 is 15.1 Å². The molecule has 2 aliphatic heterocycles. The minimum Gasteiger partial charge on any atom is -0.372 e. The summed E-state index contributed by atoms with van der Waals surface area (Å²) in [5.74, 6) is 1.88. The standard InChI is InChI=1S/C15H24BrN5/c1-17-14-13(16)15(19-11-18-14)21-9-5-12(6-10-21)20-7-3-2-4-8-20/h11-12H,2-10H2,1H3,(H,17,18,19). The van der Waals surface area contributed by atoms with Crippen molar-refractivity contribution in [2.45, 2.75) is 38.1 Å². The van der Waals surface area contributed by atoms with Crippen LogP contribution in [0.3, 0.4) is 0 Å². The molecule has 3 heterocycles. The topological polar surface area (TPSA) is 44.3 Å². The third-order valence-electron chi connectivity index (χ3n) is 4.68. The zero-order valence-corrected chi connectivity index (χ0v) is 14.3. The number of halogens is 1. The maximum atomic E-state index is 4.46. The van der Waals surface area contributed by atoms with Crippen molar-refractivity contribution in [2.75, 3.05) is 43.4 Å². The summed E-state index contributed by atoms with van der Waals surface area (Å²) < 4.78 is 0.976. The number of rotatable bonds is 3. The molecule has 0 amide bonds. The minimum atomic E-state index is 0.769. The van der Waals surface area contributed by atoms with E-state index in [1.165, 1.54) is 45.2 Å². The van der Waals surface area contributed by atoms with Gasteiger partial charge in [0.15, 0.2) is 0 Å². The second kappa shape index (κ2) is 6.92. The van der Waals surface area contributed by atoms with E-state index < -0.39 is 0 Å². The van der Waals surface area contributed by atoms with Crippen LogP contribution in [0, 0.1) is 0 Å². The van der Waals surface area contributed by atoms with E-state index in [1.807, 2.05) is 7.05 Å². The molecule has 21 heavy (non-hydrogen) atoms. The number of nitrogens with zero attached hydrogens (tertiary/aromatic N) is 4. The van der Waals surface area contributed by atoms with Crippen LogP contribution in [0.1, 0.15) is 32.1 Å². The van der Waals surface area contributed by atoms with E-state index in [-0.39, 0.29) is 0 Å². The van der Waals surface area contributed by atoms with Crippen LogP contribution in [0.2, 0.25) is 0 Å². The van der Waals surface area contributed by atoms with E-state index >= 15 is 0 Å². The van der Waals surface area contributed by atoms with E-state index in [4.69, 9.17) is 0 Å². The molecule has 116 valence electrons. The molecule has 2 saturated heterocycles. The number of hydrogen-bond acceptors (Lipinski definition) is 5. The molecule has 2 fully saturated rings. The number of aromatic nitrogens is 2. The summed E-state index contributed by atoms with van der Waals surface area (Å²) >= 11 is 3.63. The molecule has 6 heteroatoms. The smallest absolute Gasteiger partial charge is 0.148 e. The van der Waals surface area contributed by atoms with Crippen LogP contribution < -0.4 is 10.2 Å². The van der Waals surface area contributed by atoms with Crippen LogP contribution in [0.25, 0.3) is 0 Å². The van der Waals surface area contributed by atoms with Gasteiger partial charge in [0.2, 0.25) is 0 Å². The molecular weight excluding hydrogens is 330 g/mol. The normalized spacial score (nSPS) is 21.5. The number of piperidine rings is 2. The lowest BCUT2D eigenvalue weighted by atomic mass is 10.00. The van der Waals surface area contributed by atoms with Gasteiger partial charge in [0, 0.05) is 26.2 Å². The summed E-state index contributed by atoms with van der Waals surface area (Å²) in [6, 6.07) is 0.769. The van der Waals surface area contributed by atoms with Gasteiger partial charge in [0.05, 0.1) is 0 Å². The van der Waals surface area contributed by atoms with Gasteiger partial charge in [-0.1, -0.05) is 6.42 Å². The molecule has 0 aromatic carbocycles. The van der Waals surface area contributed by atoms with Crippen LogP contribution in [0.4, 0.5) is 11.6 Å². The highest BCUT2D eigenvalue weighted by Gasteiger charge is 2.27. The number of likely N-dealkylation sites (tertiary alicyclic amines) is 1. The largest absolute Gasteiger partial charge is 0.372 e. The Morgan fingerprint density at radius 3 is 2.48 bits per heavy atom. The van der Waals surface area contributed by atoms with Crippen molar-refractivity contribution in [3.05, 3.63) is 10.8 Å². The molecular formula is C15H24BrN5. The molecule has 0 aliphatic carbocycles. The first-order valence-electron chi connectivity index (χ1n) is 7.97. The van der Waals surface area contributed by atoms with Crippen molar-refractivity contribution >= 4 is 27.6 Å². The fraction of sp³-hybridized carbons (Fsp3) is 0.733. The molecule has 1 N–H and O–H groups in total. The van der Waals surface area contributed by atoms with E-state index in [2.05, 4.69) is 41.0 Å². The fourth-order valence-corrected chi connectivity index (χ4v) is 4.14.